The fourth-order valence-electron chi connectivity index (χ4n) is 1.81. The number of hydrogen-bond acceptors (Lipinski definition) is 2. The summed E-state index contributed by atoms with van der Waals surface area (Å²) in [4.78, 5) is 11.8. The Morgan fingerprint density at radius 3 is 2.81 bits per heavy atom. The fraction of sp³-hybridized carbons (Fsp3) is 0.188. The van der Waals surface area contributed by atoms with Crippen molar-refractivity contribution in [3.8, 4) is 5.75 Å². The zero-order valence-electron chi connectivity index (χ0n) is 11.5. The second-order valence-electron chi connectivity index (χ2n) is 4.55. The molecule has 21 heavy (non-hydrogen) atoms. The molecule has 3 nitrogen and oxygen atoms in total. The highest BCUT2D eigenvalue weighted by Gasteiger charge is 2.11. The molecule has 0 unspecified atom stereocenters. The first-order valence-electron chi connectivity index (χ1n) is 6.49. The Morgan fingerprint density at radius 2 is 2.10 bits per heavy atom. The van der Waals surface area contributed by atoms with Crippen LogP contribution in [-0.2, 0) is 0 Å². The summed E-state index contributed by atoms with van der Waals surface area (Å²) in [6, 6.07) is 12.0. The van der Waals surface area contributed by atoms with Gasteiger partial charge in [0.1, 0.15) is 18.2 Å². The molecule has 0 aromatic heterocycles. The van der Waals surface area contributed by atoms with Gasteiger partial charge < -0.3 is 10.1 Å². The highest BCUT2D eigenvalue weighted by atomic mass is 79.9. The molecule has 2 rings (SSSR count). The minimum absolute atomic E-state index is 0.0220. The van der Waals surface area contributed by atoms with Gasteiger partial charge >= 0.3 is 0 Å². The number of amides is 1. The maximum atomic E-state index is 13.6. The summed E-state index contributed by atoms with van der Waals surface area (Å²) in [7, 11) is 0. The molecule has 0 aliphatic rings. The molecule has 1 amide bonds. The molecule has 0 saturated carbocycles. The Balaban J connectivity index is 1.82. The van der Waals surface area contributed by atoms with Crippen LogP contribution < -0.4 is 10.1 Å². The first kappa shape index (κ1) is 15.5. The topological polar surface area (TPSA) is 38.3 Å². The lowest BCUT2D eigenvalue weighted by Gasteiger charge is -2.09. The summed E-state index contributed by atoms with van der Waals surface area (Å²) in [5, 5.41) is 2.62. The molecule has 5 heteroatoms. The Hall–Kier alpha value is -1.88. The van der Waals surface area contributed by atoms with E-state index in [1.54, 1.807) is 6.07 Å². The molecule has 0 aliphatic carbocycles. The quantitative estimate of drug-likeness (QED) is 0.834. The summed E-state index contributed by atoms with van der Waals surface area (Å²) in [5.41, 5.74) is 1.13. The van der Waals surface area contributed by atoms with Crippen LogP contribution in [0.15, 0.2) is 46.9 Å². The average Bonchev–Trinajstić information content (AvgIpc) is 2.43. The molecule has 2 aromatic carbocycles. The normalized spacial score (nSPS) is 10.2. The molecule has 1 N–H and O–H groups in total. The van der Waals surface area contributed by atoms with Crippen LogP contribution in [0.2, 0.25) is 0 Å². The third-order valence-electron chi connectivity index (χ3n) is 2.82. The Bertz CT molecular complexity index is 646. The van der Waals surface area contributed by atoms with Crippen molar-refractivity contribution >= 4 is 21.8 Å². The highest BCUT2D eigenvalue weighted by Crippen LogP contribution is 2.15. The first-order valence-corrected chi connectivity index (χ1v) is 7.28. The summed E-state index contributed by atoms with van der Waals surface area (Å²) in [5.74, 6) is -0.256. The van der Waals surface area contributed by atoms with Crippen molar-refractivity contribution in [2.45, 2.75) is 6.92 Å². The van der Waals surface area contributed by atoms with Crippen LogP contribution in [-0.4, -0.2) is 19.1 Å². The van der Waals surface area contributed by atoms with Crippen molar-refractivity contribution < 1.29 is 13.9 Å². The zero-order chi connectivity index (χ0) is 15.2. The molecular formula is C16H15BrFNO2. The van der Waals surface area contributed by atoms with E-state index >= 15 is 0 Å². The Kier molecular flexibility index (Phi) is 5.33. The van der Waals surface area contributed by atoms with Gasteiger partial charge in [-0.1, -0.05) is 28.1 Å². The van der Waals surface area contributed by atoms with Gasteiger partial charge in [0, 0.05) is 4.47 Å². The minimum atomic E-state index is -0.554. The van der Waals surface area contributed by atoms with Gasteiger partial charge in [0.25, 0.3) is 5.91 Å². The Labute approximate surface area is 131 Å². The summed E-state index contributed by atoms with van der Waals surface area (Å²) >= 11 is 3.15. The molecule has 110 valence electrons. The SMILES string of the molecule is Cc1cccc(OCCNC(=O)c2ccc(Br)cc2F)c1. The smallest absolute Gasteiger partial charge is 0.254 e. The van der Waals surface area contributed by atoms with Gasteiger partial charge in [-0.3, -0.25) is 4.79 Å². The van der Waals surface area contributed by atoms with E-state index in [-0.39, 0.29) is 5.56 Å². The first-order chi connectivity index (χ1) is 10.1. The van der Waals surface area contributed by atoms with Crippen LogP contribution in [0.1, 0.15) is 15.9 Å². The van der Waals surface area contributed by atoms with E-state index in [2.05, 4.69) is 21.2 Å². The number of hydrogen-bond donors (Lipinski definition) is 1. The van der Waals surface area contributed by atoms with E-state index in [9.17, 15) is 9.18 Å². The average molecular weight is 352 g/mol. The second-order valence-corrected chi connectivity index (χ2v) is 5.46. The number of aryl methyl sites for hydroxylation is 1. The van der Waals surface area contributed by atoms with Gasteiger partial charge in [-0.15, -0.1) is 0 Å². The number of halogens is 2. The van der Waals surface area contributed by atoms with E-state index in [1.807, 2.05) is 31.2 Å². The minimum Gasteiger partial charge on any atom is -0.492 e. The van der Waals surface area contributed by atoms with Gasteiger partial charge in [0.15, 0.2) is 0 Å². The number of carbonyl (C=O) groups excluding carboxylic acids is 1. The molecular weight excluding hydrogens is 337 g/mol. The molecule has 0 heterocycles. The van der Waals surface area contributed by atoms with Crippen molar-refractivity contribution in [1.82, 2.24) is 5.32 Å². The largest absolute Gasteiger partial charge is 0.492 e. The standard InChI is InChI=1S/C16H15BrFNO2/c1-11-3-2-4-13(9-11)21-8-7-19-16(20)14-6-5-12(17)10-15(14)18/h2-6,9-10H,7-8H2,1H3,(H,19,20). The van der Waals surface area contributed by atoms with Crippen LogP contribution in [0, 0.1) is 12.7 Å². The number of rotatable bonds is 5. The number of benzene rings is 2. The molecule has 0 aliphatic heterocycles. The molecule has 0 fully saturated rings. The molecule has 0 bridgehead atoms. The van der Waals surface area contributed by atoms with Gasteiger partial charge in [0.2, 0.25) is 0 Å². The van der Waals surface area contributed by atoms with Crippen LogP contribution in [0.4, 0.5) is 4.39 Å². The fourth-order valence-corrected chi connectivity index (χ4v) is 2.14. The van der Waals surface area contributed by atoms with Crippen molar-refractivity contribution in [3.63, 3.8) is 0 Å². The molecule has 0 radical (unpaired) electrons. The predicted molar refractivity (Wildman–Crippen MR) is 83.1 cm³/mol. The molecule has 2 aromatic rings. The van der Waals surface area contributed by atoms with E-state index in [4.69, 9.17) is 4.74 Å². The van der Waals surface area contributed by atoms with Crippen molar-refractivity contribution in [3.05, 3.63) is 63.9 Å². The van der Waals surface area contributed by atoms with Crippen LogP contribution in [0.25, 0.3) is 0 Å². The number of nitrogens with one attached hydrogen (secondary N) is 1. The molecule has 0 spiro atoms. The van der Waals surface area contributed by atoms with Gasteiger partial charge in [-0.25, -0.2) is 4.39 Å². The second kappa shape index (κ2) is 7.22. The van der Waals surface area contributed by atoms with Gasteiger partial charge in [0.05, 0.1) is 12.1 Å². The monoisotopic (exact) mass is 351 g/mol. The van der Waals surface area contributed by atoms with E-state index in [0.29, 0.717) is 17.6 Å². The van der Waals surface area contributed by atoms with E-state index in [1.165, 1.54) is 12.1 Å². The maximum absolute atomic E-state index is 13.6. The lowest BCUT2D eigenvalue weighted by Crippen LogP contribution is -2.28. The lowest BCUT2D eigenvalue weighted by molar-refractivity contribution is 0.0943. The van der Waals surface area contributed by atoms with Gasteiger partial charge in [-0.05, 0) is 42.8 Å². The zero-order valence-corrected chi connectivity index (χ0v) is 13.1. The summed E-state index contributed by atoms with van der Waals surface area (Å²) in [6.45, 7) is 2.61. The van der Waals surface area contributed by atoms with Crippen molar-refractivity contribution in [2.24, 2.45) is 0 Å². The third kappa shape index (κ3) is 4.56. The molecule has 0 atom stereocenters. The highest BCUT2D eigenvalue weighted by molar-refractivity contribution is 9.10. The number of carbonyl (C=O) groups is 1. The van der Waals surface area contributed by atoms with Crippen molar-refractivity contribution in [1.29, 1.82) is 0 Å². The predicted octanol–water partition coefficient (Wildman–Crippen LogP) is 3.71. The van der Waals surface area contributed by atoms with Crippen LogP contribution in [0.3, 0.4) is 0 Å². The number of ether oxygens (including phenoxy) is 1. The van der Waals surface area contributed by atoms with Crippen LogP contribution >= 0.6 is 15.9 Å². The van der Waals surface area contributed by atoms with Crippen LogP contribution in [0.5, 0.6) is 5.75 Å². The van der Waals surface area contributed by atoms with E-state index < -0.39 is 11.7 Å². The maximum Gasteiger partial charge on any atom is 0.254 e. The van der Waals surface area contributed by atoms with Crippen molar-refractivity contribution in [2.75, 3.05) is 13.2 Å². The summed E-state index contributed by atoms with van der Waals surface area (Å²) < 4.78 is 19.7. The van der Waals surface area contributed by atoms with E-state index in [0.717, 1.165) is 11.3 Å². The van der Waals surface area contributed by atoms with Gasteiger partial charge in [-0.2, -0.15) is 0 Å². The Morgan fingerprint density at radius 1 is 1.29 bits per heavy atom. The lowest BCUT2D eigenvalue weighted by atomic mass is 10.2. The summed E-state index contributed by atoms with van der Waals surface area (Å²) in [6.07, 6.45) is 0. The third-order valence-corrected chi connectivity index (χ3v) is 3.31. The molecule has 0 saturated heterocycles.